The van der Waals surface area contributed by atoms with Crippen molar-refractivity contribution in [3.63, 3.8) is 0 Å². The molecule has 0 radical (unpaired) electrons. The Kier molecular flexibility index (Phi) is 6.02. The molecule has 24 heavy (non-hydrogen) atoms. The fourth-order valence-corrected chi connectivity index (χ4v) is 1.96. The van der Waals surface area contributed by atoms with E-state index >= 15 is 0 Å². The molecule has 0 atom stereocenters. The standard InChI is InChI=1S/C14H15ClF3N5O/c1-19-13(20-6-5-14(16,17)18)21-8-11-22-12(23-24-11)9-3-2-4-10(15)7-9/h2-4,7H,5-6,8H2,1H3,(H2,19,20,21). The summed E-state index contributed by atoms with van der Waals surface area (Å²) in [6, 6.07) is 6.97. The van der Waals surface area contributed by atoms with Crippen LogP contribution in [0.15, 0.2) is 33.8 Å². The Balaban J connectivity index is 1.88. The molecule has 130 valence electrons. The van der Waals surface area contributed by atoms with Crippen molar-refractivity contribution >= 4 is 17.6 Å². The molecule has 1 heterocycles. The lowest BCUT2D eigenvalue weighted by molar-refractivity contribution is -0.132. The number of guanidine groups is 1. The Morgan fingerprint density at radius 2 is 2.12 bits per heavy atom. The minimum atomic E-state index is -4.22. The molecule has 0 amide bonds. The second-order valence-electron chi connectivity index (χ2n) is 4.74. The monoisotopic (exact) mass is 361 g/mol. The first-order valence-electron chi connectivity index (χ1n) is 6.97. The zero-order valence-corrected chi connectivity index (χ0v) is 13.4. The van der Waals surface area contributed by atoms with Crippen LogP contribution in [-0.4, -0.2) is 35.9 Å². The molecule has 6 nitrogen and oxygen atoms in total. The van der Waals surface area contributed by atoms with E-state index in [1.807, 2.05) is 0 Å². The van der Waals surface area contributed by atoms with Crippen LogP contribution in [-0.2, 0) is 6.54 Å². The van der Waals surface area contributed by atoms with Crippen molar-refractivity contribution in [1.82, 2.24) is 20.8 Å². The lowest BCUT2D eigenvalue weighted by atomic mass is 10.2. The molecule has 0 fully saturated rings. The summed E-state index contributed by atoms with van der Waals surface area (Å²) in [5.41, 5.74) is 0.699. The van der Waals surface area contributed by atoms with Gasteiger partial charge in [0.05, 0.1) is 13.0 Å². The fraction of sp³-hybridized carbons (Fsp3) is 0.357. The van der Waals surface area contributed by atoms with Crippen LogP contribution in [0.1, 0.15) is 12.3 Å². The second kappa shape index (κ2) is 8.00. The Morgan fingerprint density at radius 3 is 2.79 bits per heavy atom. The maximum absolute atomic E-state index is 12.1. The Morgan fingerprint density at radius 1 is 1.33 bits per heavy atom. The van der Waals surface area contributed by atoms with E-state index in [0.717, 1.165) is 0 Å². The van der Waals surface area contributed by atoms with Gasteiger partial charge in [0.25, 0.3) is 0 Å². The number of hydrogen-bond acceptors (Lipinski definition) is 4. The normalized spacial score (nSPS) is 12.3. The van der Waals surface area contributed by atoms with Gasteiger partial charge in [-0.25, -0.2) is 0 Å². The molecule has 0 aliphatic rings. The van der Waals surface area contributed by atoms with E-state index in [2.05, 4.69) is 25.8 Å². The number of aromatic nitrogens is 2. The average molecular weight is 362 g/mol. The lowest BCUT2D eigenvalue weighted by Crippen LogP contribution is -2.38. The van der Waals surface area contributed by atoms with Gasteiger partial charge in [0.2, 0.25) is 11.7 Å². The molecule has 0 saturated carbocycles. The number of benzene rings is 1. The molecule has 0 aliphatic carbocycles. The minimum Gasteiger partial charge on any atom is -0.356 e. The molecule has 10 heteroatoms. The number of hydrogen-bond donors (Lipinski definition) is 2. The van der Waals surface area contributed by atoms with Gasteiger partial charge in [-0.15, -0.1) is 0 Å². The Bertz CT molecular complexity index is 702. The fourth-order valence-electron chi connectivity index (χ4n) is 1.77. The molecule has 0 aliphatic heterocycles. The van der Waals surface area contributed by atoms with Crippen LogP contribution < -0.4 is 10.6 Å². The van der Waals surface area contributed by atoms with Gasteiger partial charge in [0.15, 0.2) is 5.96 Å². The first-order chi connectivity index (χ1) is 11.4. The number of rotatable bonds is 5. The third-order valence-electron chi connectivity index (χ3n) is 2.88. The highest BCUT2D eigenvalue weighted by atomic mass is 35.5. The van der Waals surface area contributed by atoms with Crippen LogP contribution in [0.5, 0.6) is 0 Å². The molecule has 2 aromatic rings. The van der Waals surface area contributed by atoms with E-state index in [1.54, 1.807) is 24.3 Å². The van der Waals surface area contributed by atoms with Crippen LogP contribution in [0.4, 0.5) is 13.2 Å². The number of nitrogens with one attached hydrogen (secondary N) is 2. The van der Waals surface area contributed by atoms with Crippen molar-refractivity contribution in [2.45, 2.75) is 19.1 Å². The van der Waals surface area contributed by atoms with Crippen LogP contribution in [0, 0.1) is 0 Å². The zero-order chi connectivity index (χ0) is 17.6. The zero-order valence-electron chi connectivity index (χ0n) is 12.7. The average Bonchev–Trinajstić information content (AvgIpc) is 2.98. The predicted molar refractivity (Wildman–Crippen MR) is 83.6 cm³/mol. The van der Waals surface area contributed by atoms with Gasteiger partial charge >= 0.3 is 6.18 Å². The van der Waals surface area contributed by atoms with Gasteiger partial charge in [-0.3, -0.25) is 4.99 Å². The Hall–Kier alpha value is -2.29. The predicted octanol–water partition coefficient (Wildman–Crippen LogP) is 3.01. The third kappa shape index (κ3) is 5.73. The molecule has 0 saturated heterocycles. The number of nitrogens with zero attached hydrogens (tertiary/aromatic N) is 3. The van der Waals surface area contributed by atoms with E-state index in [0.29, 0.717) is 16.4 Å². The summed E-state index contributed by atoms with van der Waals surface area (Å²) in [6.07, 6.45) is -5.17. The van der Waals surface area contributed by atoms with Crippen LogP contribution >= 0.6 is 11.6 Å². The van der Waals surface area contributed by atoms with Gasteiger partial charge in [-0.05, 0) is 12.1 Å². The molecule has 1 aromatic heterocycles. The van der Waals surface area contributed by atoms with E-state index in [4.69, 9.17) is 16.1 Å². The van der Waals surface area contributed by atoms with Gasteiger partial charge in [-0.2, -0.15) is 18.2 Å². The summed E-state index contributed by atoms with van der Waals surface area (Å²) < 4.78 is 41.4. The van der Waals surface area contributed by atoms with E-state index in [1.165, 1.54) is 7.05 Å². The van der Waals surface area contributed by atoms with Gasteiger partial charge in [-0.1, -0.05) is 28.9 Å². The Labute approximate surface area is 141 Å². The number of halogens is 4. The summed E-state index contributed by atoms with van der Waals surface area (Å²) in [7, 11) is 1.45. The highest BCUT2D eigenvalue weighted by molar-refractivity contribution is 6.30. The first kappa shape index (κ1) is 18.1. The maximum Gasteiger partial charge on any atom is 0.390 e. The molecule has 1 aromatic carbocycles. The molecule has 2 rings (SSSR count). The molecule has 0 bridgehead atoms. The number of aliphatic imine (C=N–C) groups is 1. The van der Waals surface area contributed by atoms with Gasteiger partial charge < -0.3 is 15.2 Å². The number of alkyl halides is 3. The van der Waals surface area contributed by atoms with Crippen molar-refractivity contribution in [3.05, 3.63) is 35.2 Å². The SMILES string of the molecule is CN=C(NCCC(F)(F)F)NCc1nc(-c2cccc(Cl)c2)no1. The van der Waals surface area contributed by atoms with Crippen molar-refractivity contribution in [2.24, 2.45) is 4.99 Å². The molecular formula is C14H15ClF3N5O. The summed E-state index contributed by atoms with van der Waals surface area (Å²) in [5, 5.41) is 9.73. The third-order valence-corrected chi connectivity index (χ3v) is 3.12. The molecule has 2 N–H and O–H groups in total. The topological polar surface area (TPSA) is 75.3 Å². The molecular weight excluding hydrogens is 347 g/mol. The quantitative estimate of drug-likeness (QED) is 0.632. The van der Waals surface area contributed by atoms with E-state index in [9.17, 15) is 13.2 Å². The summed E-state index contributed by atoms with van der Waals surface area (Å²) >= 11 is 5.90. The largest absolute Gasteiger partial charge is 0.390 e. The highest BCUT2D eigenvalue weighted by Crippen LogP contribution is 2.20. The van der Waals surface area contributed by atoms with Crippen molar-refractivity contribution in [1.29, 1.82) is 0 Å². The van der Waals surface area contributed by atoms with Gasteiger partial charge in [0.1, 0.15) is 0 Å². The summed E-state index contributed by atoms with van der Waals surface area (Å²) in [4.78, 5) is 8.00. The van der Waals surface area contributed by atoms with Crippen molar-refractivity contribution in [2.75, 3.05) is 13.6 Å². The van der Waals surface area contributed by atoms with E-state index in [-0.39, 0.29) is 24.9 Å². The van der Waals surface area contributed by atoms with Crippen LogP contribution in [0.3, 0.4) is 0 Å². The second-order valence-corrected chi connectivity index (χ2v) is 5.18. The van der Waals surface area contributed by atoms with Crippen LogP contribution in [0.25, 0.3) is 11.4 Å². The van der Waals surface area contributed by atoms with E-state index < -0.39 is 12.6 Å². The van der Waals surface area contributed by atoms with Crippen LogP contribution in [0.2, 0.25) is 5.02 Å². The first-order valence-corrected chi connectivity index (χ1v) is 7.35. The summed E-state index contributed by atoms with van der Waals surface area (Å²) in [5.74, 6) is 0.847. The maximum atomic E-state index is 12.1. The van der Waals surface area contributed by atoms with Crippen molar-refractivity contribution in [3.8, 4) is 11.4 Å². The van der Waals surface area contributed by atoms with Crippen molar-refractivity contribution < 1.29 is 17.7 Å². The lowest BCUT2D eigenvalue weighted by Gasteiger charge is -2.11. The summed E-state index contributed by atoms with van der Waals surface area (Å²) in [6.45, 7) is -0.153. The molecule has 0 spiro atoms. The minimum absolute atomic E-state index is 0.124. The smallest absolute Gasteiger partial charge is 0.356 e. The highest BCUT2D eigenvalue weighted by Gasteiger charge is 2.26. The van der Waals surface area contributed by atoms with Gasteiger partial charge in [0, 0.05) is 24.2 Å². The molecule has 0 unspecified atom stereocenters.